The first kappa shape index (κ1) is 18.4. The Hall–Kier alpha value is -1.65. The van der Waals surface area contributed by atoms with Gasteiger partial charge in [0.05, 0.1) is 0 Å². The number of piperidine rings is 1. The van der Waals surface area contributed by atoms with E-state index in [-0.39, 0.29) is 5.91 Å². The van der Waals surface area contributed by atoms with Crippen molar-refractivity contribution in [2.24, 2.45) is 23.7 Å². The Kier molecular flexibility index (Phi) is 4.80. The Labute approximate surface area is 168 Å². The van der Waals surface area contributed by atoms with Crippen LogP contribution in [0.3, 0.4) is 0 Å². The van der Waals surface area contributed by atoms with Crippen LogP contribution in [0.2, 0.25) is 0 Å². The quantitative estimate of drug-likeness (QED) is 0.850. The lowest BCUT2D eigenvalue weighted by atomic mass is 9.54. The lowest BCUT2D eigenvalue weighted by molar-refractivity contribution is -0.0120. The first-order valence-electron chi connectivity index (χ1n) is 11.5. The molecule has 5 heteroatoms. The normalized spacial score (nSPS) is 34.1. The second-order valence-electron chi connectivity index (χ2n) is 10.1. The fourth-order valence-corrected chi connectivity index (χ4v) is 6.67. The molecule has 1 aromatic heterocycles. The van der Waals surface area contributed by atoms with Crippen molar-refractivity contribution in [3.05, 3.63) is 17.3 Å². The molecule has 4 aliphatic carbocycles. The van der Waals surface area contributed by atoms with Gasteiger partial charge in [-0.1, -0.05) is 13.8 Å². The van der Waals surface area contributed by atoms with Gasteiger partial charge in [0.1, 0.15) is 0 Å². The van der Waals surface area contributed by atoms with E-state index in [0.29, 0.717) is 29.5 Å². The van der Waals surface area contributed by atoms with E-state index in [1.807, 2.05) is 6.07 Å². The molecule has 28 heavy (non-hydrogen) atoms. The van der Waals surface area contributed by atoms with Crippen molar-refractivity contribution >= 4 is 11.7 Å². The highest BCUT2D eigenvalue weighted by Gasteiger charge is 2.48. The van der Waals surface area contributed by atoms with Gasteiger partial charge < -0.3 is 10.2 Å². The predicted molar refractivity (Wildman–Crippen MR) is 110 cm³/mol. The molecule has 1 amide bonds. The molecule has 1 aromatic rings. The van der Waals surface area contributed by atoms with Gasteiger partial charge in [0.25, 0.3) is 5.91 Å². The van der Waals surface area contributed by atoms with Gasteiger partial charge >= 0.3 is 0 Å². The molecule has 0 aromatic carbocycles. The van der Waals surface area contributed by atoms with Gasteiger partial charge in [-0.25, -0.2) is 0 Å². The minimum atomic E-state index is -0.0166. The Morgan fingerprint density at radius 2 is 1.64 bits per heavy atom. The molecule has 1 N–H and O–H groups in total. The smallest absolute Gasteiger partial charge is 0.272 e. The molecule has 2 heterocycles. The summed E-state index contributed by atoms with van der Waals surface area (Å²) in [5.41, 5.74) is 1.66. The predicted octanol–water partition coefficient (Wildman–Crippen LogP) is 4.14. The minimum absolute atomic E-state index is 0.0166. The van der Waals surface area contributed by atoms with Crippen LogP contribution in [0, 0.1) is 23.7 Å². The van der Waals surface area contributed by atoms with Gasteiger partial charge in [0.2, 0.25) is 0 Å². The lowest BCUT2D eigenvalue weighted by Gasteiger charge is -2.54. The topological polar surface area (TPSA) is 58.1 Å². The highest BCUT2D eigenvalue weighted by molar-refractivity contribution is 5.92. The minimum Gasteiger partial charge on any atom is -0.355 e. The first-order chi connectivity index (χ1) is 13.6. The van der Waals surface area contributed by atoms with Crippen LogP contribution >= 0.6 is 0 Å². The molecular formula is C23H34N4O. The largest absolute Gasteiger partial charge is 0.355 e. The molecule has 0 radical (unpaired) electrons. The van der Waals surface area contributed by atoms with E-state index in [0.717, 1.165) is 36.3 Å². The summed E-state index contributed by atoms with van der Waals surface area (Å²) in [5, 5.41) is 12.3. The van der Waals surface area contributed by atoms with Crippen LogP contribution in [-0.2, 0) is 0 Å². The fraction of sp³-hybridized carbons (Fsp3) is 0.783. The summed E-state index contributed by atoms with van der Waals surface area (Å²) in [4.78, 5) is 15.4. The molecule has 5 nitrogen and oxygen atoms in total. The van der Waals surface area contributed by atoms with Gasteiger partial charge in [-0.2, -0.15) is 0 Å². The summed E-state index contributed by atoms with van der Waals surface area (Å²) in [6.45, 7) is 6.47. The second-order valence-corrected chi connectivity index (χ2v) is 10.1. The number of anilines is 1. The van der Waals surface area contributed by atoms with E-state index in [1.54, 1.807) is 0 Å². The van der Waals surface area contributed by atoms with Crippen LogP contribution in [0.1, 0.15) is 87.2 Å². The lowest BCUT2D eigenvalue weighted by Crippen LogP contribution is -2.55. The van der Waals surface area contributed by atoms with Crippen molar-refractivity contribution in [2.45, 2.75) is 77.2 Å². The molecule has 1 aliphatic heterocycles. The maximum Gasteiger partial charge on any atom is 0.272 e. The van der Waals surface area contributed by atoms with Gasteiger partial charge in [0, 0.05) is 24.7 Å². The number of nitrogens with one attached hydrogen (secondary N) is 1. The monoisotopic (exact) mass is 382 g/mol. The van der Waals surface area contributed by atoms with Crippen molar-refractivity contribution in [2.75, 3.05) is 18.0 Å². The van der Waals surface area contributed by atoms with Crippen LogP contribution in [0.4, 0.5) is 5.82 Å². The zero-order valence-corrected chi connectivity index (χ0v) is 17.4. The third-order valence-corrected chi connectivity index (χ3v) is 7.84. The highest BCUT2D eigenvalue weighted by atomic mass is 16.2. The maximum atomic E-state index is 13.1. The Morgan fingerprint density at radius 1 is 1.00 bits per heavy atom. The van der Waals surface area contributed by atoms with E-state index in [1.165, 1.54) is 51.4 Å². The number of hydrogen-bond acceptors (Lipinski definition) is 4. The zero-order valence-electron chi connectivity index (χ0n) is 17.4. The first-order valence-corrected chi connectivity index (χ1v) is 11.5. The summed E-state index contributed by atoms with van der Waals surface area (Å²) in [6.07, 6.45) is 10.4. The molecule has 0 spiro atoms. The molecule has 4 saturated carbocycles. The van der Waals surface area contributed by atoms with E-state index in [2.05, 4.69) is 34.3 Å². The molecular weight excluding hydrogens is 348 g/mol. The van der Waals surface area contributed by atoms with Crippen LogP contribution in [-0.4, -0.2) is 35.2 Å². The number of hydrogen-bond donors (Lipinski definition) is 1. The molecule has 0 atom stereocenters. The Bertz CT molecular complexity index is 712. The summed E-state index contributed by atoms with van der Waals surface area (Å²) in [6, 6.07) is 2.36. The fourth-order valence-electron chi connectivity index (χ4n) is 6.67. The van der Waals surface area contributed by atoms with E-state index < -0.39 is 0 Å². The van der Waals surface area contributed by atoms with Gasteiger partial charge in [0.15, 0.2) is 11.5 Å². The van der Waals surface area contributed by atoms with Crippen LogP contribution in [0.5, 0.6) is 0 Å². The molecule has 152 valence electrons. The van der Waals surface area contributed by atoms with Crippen molar-refractivity contribution in [3.63, 3.8) is 0 Å². The van der Waals surface area contributed by atoms with Crippen molar-refractivity contribution in [1.29, 1.82) is 0 Å². The molecule has 4 bridgehead atoms. The average molecular weight is 383 g/mol. The van der Waals surface area contributed by atoms with Crippen molar-refractivity contribution in [3.8, 4) is 0 Å². The molecule has 1 saturated heterocycles. The molecule has 5 aliphatic rings. The van der Waals surface area contributed by atoms with Crippen molar-refractivity contribution < 1.29 is 4.79 Å². The summed E-state index contributed by atoms with van der Waals surface area (Å²) < 4.78 is 0. The van der Waals surface area contributed by atoms with Gasteiger partial charge in [-0.05, 0) is 87.0 Å². The summed E-state index contributed by atoms with van der Waals surface area (Å²) in [7, 11) is 0. The van der Waals surface area contributed by atoms with E-state index in [9.17, 15) is 4.79 Å². The average Bonchev–Trinajstić information content (AvgIpc) is 2.70. The summed E-state index contributed by atoms with van der Waals surface area (Å²) >= 11 is 0. The standard InChI is InChI=1S/C23H34N4O/c1-14(2)19-13-20(25-26-22(19)27-6-4-3-5-7-27)23(28)24-21-17-9-15-8-16(11-17)12-18(21)10-15/h13-18,21H,3-12H2,1-2H3,(H,24,28). The van der Waals surface area contributed by atoms with Crippen LogP contribution in [0.15, 0.2) is 6.07 Å². The second kappa shape index (κ2) is 7.31. The number of aromatic nitrogens is 2. The Balaban J connectivity index is 1.34. The van der Waals surface area contributed by atoms with Crippen molar-refractivity contribution in [1.82, 2.24) is 15.5 Å². The van der Waals surface area contributed by atoms with E-state index >= 15 is 0 Å². The number of nitrogens with zero attached hydrogens (tertiary/aromatic N) is 3. The van der Waals surface area contributed by atoms with E-state index in [4.69, 9.17) is 0 Å². The van der Waals surface area contributed by atoms with Crippen LogP contribution in [0.25, 0.3) is 0 Å². The maximum absolute atomic E-state index is 13.1. The number of rotatable bonds is 4. The number of carbonyl (C=O) groups is 1. The SMILES string of the molecule is CC(C)c1cc(C(=O)NC2C3CC4CC(C3)CC2C4)nnc1N1CCCCC1. The van der Waals surface area contributed by atoms with Crippen LogP contribution < -0.4 is 10.2 Å². The molecule has 6 rings (SSSR count). The zero-order chi connectivity index (χ0) is 19.3. The number of amides is 1. The third-order valence-electron chi connectivity index (χ3n) is 7.84. The van der Waals surface area contributed by atoms with Gasteiger partial charge in [-0.3, -0.25) is 4.79 Å². The van der Waals surface area contributed by atoms with Gasteiger partial charge in [-0.15, -0.1) is 10.2 Å². The highest BCUT2D eigenvalue weighted by Crippen LogP contribution is 2.53. The molecule has 0 unspecified atom stereocenters. The Morgan fingerprint density at radius 3 is 2.25 bits per heavy atom. The number of carbonyl (C=O) groups excluding carboxylic acids is 1. The molecule has 5 fully saturated rings. The summed E-state index contributed by atoms with van der Waals surface area (Å²) in [5.74, 6) is 4.52. The third kappa shape index (κ3) is 3.31.